The lowest BCUT2D eigenvalue weighted by Gasteiger charge is -2.28. The van der Waals surface area contributed by atoms with Crippen molar-refractivity contribution in [1.29, 1.82) is 0 Å². The summed E-state index contributed by atoms with van der Waals surface area (Å²) in [6, 6.07) is 50.2. The van der Waals surface area contributed by atoms with Crippen molar-refractivity contribution in [3.63, 3.8) is 0 Å². The van der Waals surface area contributed by atoms with E-state index in [2.05, 4.69) is 184 Å². The lowest BCUT2D eigenvalue weighted by atomic mass is 9.81. The van der Waals surface area contributed by atoms with Crippen LogP contribution in [-0.2, 0) is 5.41 Å². The van der Waals surface area contributed by atoms with Crippen molar-refractivity contribution in [3.05, 3.63) is 167 Å². The van der Waals surface area contributed by atoms with Crippen LogP contribution < -0.4 is 4.90 Å². The minimum atomic E-state index is -0.211. The lowest BCUT2D eigenvalue weighted by molar-refractivity contribution is 0.660. The van der Waals surface area contributed by atoms with E-state index in [-0.39, 0.29) is 5.41 Å². The zero-order valence-corrected chi connectivity index (χ0v) is 29.1. The van der Waals surface area contributed by atoms with E-state index in [0.717, 1.165) is 11.4 Å². The second-order valence-corrected chi connectivity index (χ2v) is 14.6. The average molecular weight is 633 g/mol. The van der Waals surface area contributed by atoms with E-state index in [1.54, 1.807) is 0 Å². The second kappa shape index (κ2) is 10.7. The summed E-state index contributed by atoms with van der Waals surface area (Å²) in [5, 5.41) is 5.19. The summed E-state index contributed by atoms with van der Waals surface area (Å²) in [6.07, 6.45) is 0. The van der Waals surface area contributed by atoms with E-state index in [1.165, 1.54) is 88.5 Å². The molecule has 1 aromatic heterocycles. The van der Waals surface area contributed by atoms with Crippen LogP contribution >= 0.6 is 0 Å². The Morgan fingerprint density at radius 2 is 0.959 bits per heavy atom. The molecule has 0 aliphatic heterocycles. The number of hydrogen-bond donors (Lipinski definition) is 0. The summed E-state index contributed by atoms with van der Waals surface area (Å²) in [4.78, 5) is 2.39. The van der Waals surface area contributed by atoms with Gasteiger partial charge in [-0.15, -0.1) is 0 Å². The summed E-state index contributed by atoms with van der Waals surface area (Å²) in [5.41, 5.74) is 17.5. The summed E-state index contributed by atoms with van der Waals surface area (Å²) in [5.74, 6) is 0. The standard InChI is InChI=1S/C47H40N2/c1-29-11-17-33(18-12-29)48(34-19-13-30(2)14-20-34)35-21-22-38-41(27-35)47(5,6)42-28-45(36-9-7-8-10-37(36)46(38)42)49-43-23-15-31(3)25-39(43)40-26-32(4)16-24-44(40)49/h7-28H,1-6H3. The van der Waals surface area contributed by atoms with Gasteiger partial charge in [0.15, 0.2) is 0 Å². The molecular formula is C47H40N2. The van der Waals surface area contributed by atoms with E-state index in [0.29, 0.717) is 0 Å². The molecule has 2 heteroatoms. The van der Waals surface area contributed by atoms with Crippen LogP contribution in [0.2, 0.25) is 0 Å². The van der Waals surface area contributed by atoms with Crippen molar-refractivity contribution in [1.82, 2.24) is 4.57 Å². The van der Waals surface area contributed by atoms with Crippen LogP contribution in [0.5, 0.6) is 0 Å². The van der Waals surface area contributed by atoms with Gasteiger partial charge in [-0.1, -0.05) is 103 Å². The maximum absolute atomic E-state index is 2.51. The van der Waals surface area contributed by atoms with Gasteiger partial charge in [-0.3, -0.25) is 0 Å². The molecule has 0 bridgehead atoms. The first-order valence-corrected chi connectivity index (χ1v) is 17.4. The molecule has 49 heavy (non-hydrogen) atoms. The molecule has 0 saturated heterocycles. The molecule has 0 unspecified atom stereocenters. The Morgan fingerprint density at radius 1 is 0.449 bits per heavy atom. The molecule has 0 spiro atoms. The number of aryl methyl sites for hydroxylation is 4. The molecule has 0 fully saturated rings. The molecule has 1 aliphatic carbocycles. The fraction of sp³-hybridized carbons (Fsp3) is 0.149. The molecule has 0 radical (unpaired) electrons. The lowest BCUT2D eigenvalue weighted by Crippen LogP contribution is -2.17. The van der Waals surface area contributed by atoms with Gasteiger partial charge in [-0.05, 0) is 122 Å². The highest BCUT2D eigenvalue weighted by Gasteiger charge is 2.38. The molecule has 2 nitrogen and oxygen atoms in total. The fourth-order valence-electron chi connectivity index (χ4n) is 8.22. The van der Waals surface area contributed by atoms with Crippen LogP contribution in [0.3, 0.4) is 0 Å². The number of hydrogen-bond acceptors (Lipinski definition) is 1. The highest BCUT2D eigenvalue weighted by atomic mass is 15.1. The monoisotopic (exact) mass is 632 g/mol. The minimum Gasteiger partial charge on any atom is -0.310 e. The molecule has 238 valence electrons. The van der Waals surface area contributed by atoms with Crippen LogP contribution in [0.4, 0.5) is 17.1 Å². The summed E-state index contributed by atoms with van der Waals surface area (Å²) in [7, 11) is 0. The summed E-state index contributed by atoms with van der Waals surface area (Å²) in [6.45, 7) is 13.5. The third-order valence-electron chi connectivity index (χ3n) is 10.8. The molecule has 0 atom stereocenters. The van der Waals surface area contributed by atoms with Crippen molar-refractivity contribution in [3.8, 4) is 16.8 Å². The molecule has 0 saturated carbocycles. The van der Waals surface area contributed by atoms with Gasteiger partial charge in [0, 0.05) is 38.6 Å². The zero-order valence-electron chi connectivity index (χ0n) is 29.1. The van der Waals surface area contributed by atoms with Crippen molar-refractivity contribution >= 4 is 49.6 Å². The minimum absolute atomic E-state index is 0.211. The van der Waals surface area contributed by atoms with Gasteiger partial charge in [-0.25, -0.2) is 0 Å². The van der Waals surface area contributed by atoms with E-state index < -0.39 is 0 Å². The maximum atomic E-state index is 2.51. The highest BCUT2D eigenvalue weighted by Crippen LogP contribution is 2.54. The fourth-order valence-corrected chi connectivity index (χ4v) is 8.22. The Balaban J connectivity index is 1.29. The number of benzene rings is 7. The first-order valence-electron chi connectivity index (χ1n) is 17.4. The Hall–Kier alpha value is -5.60. The molecule has 1 aliphatic rings. The Morgan fingerprint density at radius 3 is 1.53 bits per heavy atom. The highest BCUT2D eigenvalue weighted by molar-refractivity contribution is 6.13. The van der Waals surface area contributed by atoms with Crippen molar-refractivity contribution < 1.29 is 0 Å². The molecule has 8 aromatic rings. The molecular weight excluding hydrogens is 593 g/mol. The Labute approximate surface area is 288 Å². The Bertz CT molecular complexity index is 2490. The first-order chi connectivity index (χ1) is 23.7. The van der Waals surface area contributed by atoms with Crippen LogP contribution in [-0.4, -0.2) is 4.57 Å². The number of anilines is 3. The van der Waals surface area contributed by atoms with Crippen molar-refractivity contribution in [2.45, 2.75) is 47.0 Å². The molecule has 0 amide bonds. The number of fused-ring (bicyclic) bond motifs is 8. The number of aromatic nitrogens is 1. The van der Waals surface area contributed by atoms with Crippen LogP contribution in [0, 0.1) is 27.7 Å². The van der Waals surface area contributed by atoms with Gasteiger partial charge in [0.05, 0.1) is 16.7 Å². The van der Waals surface area contributed by atoms with Gasteiger partial charge >= 0.3 is 0 Å². The summed E-state index contributed by atoms with van der Waals surface area (Å²) < 4.78 is 2.51. The topological polar surface area (TPSA) is 8.17 Å². The predicted octanol–water partition coefficient (Wildman–Crippen LogP) is 12.9. The van der Waals surface area contributed by atoms with E-state index in [1.807, 2.05) is 0 Å². The largest absolute Gasteiger partial charge is 0.310 e. The average Bonchev–Trinajstić information content (AvgIpc) is 3.53. The van der Waals surface area contributed by atoms with E-state index >= 15 is 0 Å². The van der Waals surface area contributed by atoms with Gasteiger partial charge in [-0.2, -0.15) is 0 Å². The molecule has 9 rings (SSSR count). The van der Waals surface area contributed by atoms with Gasteiger partial charge in [0.25, 0.3) is 0 Å². The summed E-state index contributed by atoms with van der Waals surface area (Å²) >= 11 is 0. The normalized spacial score (nSPS) is 13.3. The first kappa shape index (κ1) is 29.5. The maximum Gasteiger partial charge on any atom is 0.0544 e. The quantitative estimate of drug-likeness (QED) is 0.187. The van der Waals surface area contributed by atoms with Gasteiger partial charge < -0.3 is 9.47 Å². The van der Waals surface area contributed by atoms with Gasteiger partial charge in [0.1, 0.15) is 0 Å². The Kier molecular flexibility index (Phi) is 6.45. The van der Waals surface area contributed by atoms with Gasteiger partial charge in [0.2, 0.25) is 0 Å². The number of nitrogens with zero attached hydrogens (tertiary/aromatic N) is 2. The zero-order chi connectivity index (χ0) is 33.6. The van der Waals surface area contributed by atoms with E-state index in [9.17, 15) is 0 Å². The molecule has 1 heterocycles. The van der Waals surface area contributed by atoms with Crippen molar-refractivity contribution in [2.75, 3.05) is 4.90 Å². The second-order valence-electron chi connectivity index (χ2n) is 14.6. The smallest absolute Gasteiger partial charge is 0.0544 e. The van der Waals surface area contributed by atoms with Crippen LogP contribution in [0.1, 0.15) is 47.2 Å². The third-order valence-corrected chi connectivity index (χ3v) is 10.8. The molecule has 0 N–H and O–H groups in total. The van der Waals surface area contributed by atoms with Crippen LogP contribution in [0.15, 0.2) is 133 Å². The van der Waals surface area contributed by atoms with Crippen molar-refractivity contribution in [2.24, 2.45) is 0 Å². The van der Waals surface area contributed by atoms with E-state index in [4.69, 9.17) is 0 Å². The SMILES string of the molecule is Cc1ccc(N(c2ccc(C)cc2)c2ccc3c(c2)C(C)(C)c2cc(-n4c5ccc(C)cc5c5cc(C)ccc54)c4ccccc4c2-3)cc1. The number of rotatable bonds is 4. The molecule has 7 aromatic carbocycles. The predicted molar refractivity (Wildman–Crippen MR) is 209 cm³/mol. The third kappa shape index (κ3) is 4.47. The van der Waals surface area contributed by atoms with Crippen LogP contribution in [0.25, 0.3) is 49.4 Å².